The van der Waals surface area contributed by atoms with Crippen LogP contribution in [0.3, 0.4) is 0 Å². The van der Waals surface area contributed by atoms with Gasteiger partial charge in [0.15, 0.2) is 0 Å². The second-order valence-corrected chi connectivity index (χ2v) is 10.3. The molecule has 1 fully saturated rings. The Morgan fingerprint density at radius 2 is 1.79 bits per heavy atom. The predicted molar refractivity (Wildman–Crippen MR) is 153 cm³/mol. The number of ether oxygens (including phenoxy) is 1. The van der Waals surface area contributed by atoms with E-state index in [1.54, 1.807) is 6.92 Å². The number of fused-ring (bicyclic) bond motifs is 2. The summed E-state index contributed by atoms with van der Waals surface area (Å²) in [5.41, 5.74) is 6.16. The number of nitrogens with zero attached hydrogens (tertiary/aromatic N) is 6. The van der Waals surface area contributed by atoms with Crippen molar-refractivity contribution >= 4 is 16.7 Å². The van der Waals surface area contributed by atoms with E-state index in [9.17, 15) is 4.79 Å². The molecule has 4 aromatic rings. The van der Waals surface area contributed by atoms with E-state index in [2.05, 4.69) is 52.8 Å². The lowest BCUT2D eigenvalue weighted by molar-refractivity contribution is -0.129. The van der Waals surface area contributed by atoms with Gasteiger partial charge >= 0.3 is 0 Å². The van der Waals surface area contributed by atoms with Gasteiger partial charge in [-0.05, 0) is 24.3 Å². The molecule has 0 bridgehead atoms. The Hall–Kier alpha value is -3.65. The molecule has 8 heteroatoms. The highest BCUT2D eigenvalue weighted by molar-refractivity contribution is 5.97. The summed E-state index contributed by atoms with van der Waals surface area (Å²) in [6.07, 6.45) is 8.37. The Morgan fingerprint density at radius 1 is 1.05 bits per heavy atom. The maximum Gasteiger partial charge on any atom is 0.219 e. The van der Waals surface area contributed by atoms with Crippen LogP contribution in [0.2, 0.25) is 0 Å². The molecule has 1 amide bonds. The first kappa shape index (κ1) is 26.9. The maximum atomic E-state index is 12.3. The van der Waals surface area contributed by atoms with Crippen molar-refractivity contribution in [1.82, 2.24) is 29.6 Å². The quantitative estimate of drug-likeness (QED) is 0.326. The predicted octanol–water partition coefficient (Wildman–Crippen LogP) is 5.96. The van der Waals surface area contributed by atoms with Gasteiger partial charge in [-0.3, -0.25) is 14.5 Å². The summed E-state index contributed by atoms with van der Waals surface area (Å²) < 4.78 is 7.85. The Labute approximate surface area is 230 Å². The van der Waals surface area contributed by atoms with E-state index in [1.165, 1.54) is 5.69 Å². The van der Waals surface area contributed by atoms with Gasteiger partial charge < -0.3 is 9.64 Å². The zero-order valence-electron chi connectivity index (χ0n) is 23.6. The average molecular weight is 527 g/mol. The molecular weight excluding hydrogens is 488 g/mol. The lowest BCUT2D eigenvalue weighted by atomic mass is 9.96. The Kier molecular flexibility index (Phi) is 8.02. The van der Waals surface area contributed by atoms with Crippen molar-refractivity contribution in [3.05, 3.63) is 59.9 Å². The third-order valence-corrected chi connectivity index (χ3v) is 7.57. The molecule has 0 unspecified atom stereocenters. The molecule has 6 rings (SSSR count). The van der Waals surface area contributed by atoms with Gasteiger partial charge in [-0.25, -0.2) is 9.97 Å². The largest absolute Gasteiger partial charge is 0.381 e. The van der Waals surface area contributed by atoms with Gasteiger partial charge in [0.05, 0.1) is 17.4 Å². The minimum Gasteiger partial charge on any atom is -0.381 e. The fraction of sp³-hybridized carbons (Fsp3) is 0.452. The SMILES string of the molecule is CC.CC(=O)N1CCc2c(c(-c3cccc4cc(-c5cnc(C(C)C)nc5)ncc34)nn2C2CCOCC2)C1. The highest BCUT2D eigenvalue weighted by atomic mass is 16.5. The molecule has 2 aliphatic heterocycles. The Bertz CT molecular complexity index is 1450. The lowest BCUT2D eigenvalue weighted by Gasteiger charge is -2.29. The van der Waals surface area contributed by atoms with Crippen molar-refractivity contribution in [3.63, 3.8) is 0 Å². The van der Waals surface area contributed by atoms with Gasteiger partial charge in [-0.2, -0.15) is 5.10 Å². The summed E-state index contributed by atoms with van der Waals surface area (Å²) in [6, 6.07) is 8.72. The van der Waals surface area contributed by atoms with E-state index in [-0.39, 0.29) is 11.8 Å². The minimum absolute atomic E-state index is 0.102. The third-order valence-electron chi connectivity index (χ3n) is 7.57. The number of aromatic nitrogens is 5. The number of hydrogen-bond acceptors (Lipinski definition) is 6. The summed E-state index contributed by atoms with van der Waals surface area (Å²) in [5.74, 6) is 1.22. The normalized spacial score (nSPS) is 15.7. The second-order valence-electron chi connectivity index (χ2n) is 10.3. The van der Waals surface area contributed by atoms with E-state index in [0.29, 0.717) is 12.6 Å². The van der Waals surface area contributed by atoms with E-state index in [0.717, 1.165) is 83.7 Å². The van der Waals surface area contributed by atoms with Crippen LogP contribution in [0, 0.1) is 0 Å². The molecule has 8 nitrogen and oxygen atoms in total. The molecule has 2 aliphatic rings. The molecule has 39 heavy (non-hydrogen) atoms. The van der Waals surface area contributed by atoms with Crippen LogP contribution in [0.1, 0.15) is 76.5 Å². The molecule has 0 atom stereocenters. The number of hydrogen-bond donors (Lipinski definition) is 0. The van der Waals surface area contributed by atoms with Gasteiger partial charge in [-0.1, -0.05) is 45.9 Å². The molecular formula is C31H38N6O2. The summed E-state index contributed by atoms with van der Waals surface area (Å²) in [6.45, 7) is 12.7. The van der Waals surface area contributed by atoms with Crippen LogP contribution in [0.25, 0.3) is 33.3 Å². The molecule has 3 aromatic heterocycles. The van der Waals surface area contributed by atoms with Crippen molar-refractivity contribution in [2.75, 3.05) is 19.8 Å². The number of rotatable bonds is 4. The first-order valence-corrected chi connectivity index (χ1v) is 14.1. The molecule has 0 aliphatic carbocycles. The van der Waals surface area contributed by atoms with E-state index in [1.807, 2.05) is 37.3 Å². The Balaban J connectivity index is 0.00000151. The smallest absolute Gasteiger partial charge is 0.219 e. The number of carbonyl (C=O) groups excluding carboxylic acids is 1. The lowest BCUT2D eigenvalue weighted by Crippen LogP contribution is -2.35. The summed E-state index contributed by atoms with van der Waals surface area (Å²) in [4.78, 5) is 28.0. The van der Waals surface area contributed by atoms with Gasteiger partial charge in [0.2, 0.25) is 5.91 Å². The second kappa shape index (κ2) is 11.6. The van der Waals surface area contributed by atoms with Crippen LogP contribution in [-0.2, 0) is 22.5 Å². The number of pyridine rings is 1. The van der Waals surface area contributed by atoms with Gasteiger partial charge in [0, 0.05) is 91.9 Å². The molecule has 1 saturated heterocycles. The fourth-order valence-corrected chi connectivity index (χ4v) is 5.47. The van der Waals surface area contributed by atoms with Gasteiger partial charge in [0.1, 0.15) is 5.82 Å². The number of carbonyl (C=O) groups is 1. The van der Waals surface area contributed by atoms with Gasteiger partial charge in [0.25, 0.3) is 0 Å². The highest BCUT2D eigenvalue weighted by Crippen LogP contribution is 2.37. The van der Waals surface area contributed by atoms with Crippen molar-refractivity contribution < 1.29 is 9.53 Å². The summed E-state index contributed by atoms with van der Waals surface area (Å²) in [7, 11) is 0. The van der Waals surface area contributed by atoms with E-state index < -0.39 is 0 Å². The summed E-state index contributed by atoms with van der Waals surface area (Å²) in [5, 5.41) is 7.35. The number of benzene rings is 1. The van der Waals surface area contributed by atoms with Crippen LogP contribution in [0.5, 0.6) is 0 Å². The van der Waals surface area contributed by atoms with Crippen LogP contribution < -0.4 is 0 Å². The van der Waals surface area contributed by atoms with Crippen LogP contribution in [0.15, 0.2) is 42.9 Å². The topological polar surface area (TPSA) is 86.0 Å². The third kappa shape index (κ3) is 5.30. The number of amides is 1. The summed E-state index contributed by atoms with van der Waals surface area (Å²) >= 11 is 0. The zero-order valence-corrected chi connectivity index (χ0v) is 23.6. The first-order valence-electron chi connectivity index (χ1n) is 14.1. The van der Waals surface area contributed by atoms with Crippen molar-refractivity contribution in [2.24, 2.45) is 0 Å². The molecule has 0 N–H and O–H groups in total. The average Bonchev–Trinajstić information content (AvgIpc) is 3.37. The first-order chi connectivity index (χ1) is 19.0. The molecule has 0 saturated carbocycles. The van der Waals surface area contributed by atoms with Crippen LogP contribution >= 0.6 is 0 Å². The van der Waals surface area contributed by atoms with E-state index >= 15 is 0 Å². The monoisotopic (exact) mass is 526 g/mol. The van der Waals surface area contributed by atoms with Crippen LogP contribution in [0.4, 0.5) is 0 Å². The zero-order chi connectivity index (χ0) is 27.5. The minimum atomic E-state index is 0.102. The Morgan fingerprint density at radius 3 is 2.49 bits per heavy atom. The fourth-order valence-electron chi connectivity index (χ4n) is 5.47. The molecule has 0 radical (unpaired) electrons. The van der Waals surface area contributed by atoms with Crippen molar-refractivity contribution in [1.29, 1.82) is 0 Å². The highest BCUT2D eigenvalue weighted by Gasteiger charge is 2.30. The molecule has 204 valence electrons. The standard InChI is InChI=1S/C29H32N6O2.C2H6/c1-18(2)29-31-14-21(15-32-29)26-13-20-5-4-6-23(24(20)16-30-26)28-25-17-34(19(3)36)10-7-27(25)35(33-28)22-8-11-37-12-9-22;1-2/h4-6,13-16,18,22H,7-12,17H2,1-3H3;1-2H3. The van der Waals surface area contributed by atoms with Gasteiger partial charge in [-0.15, -0.1) is 0 Å². The van der Waals surface area contributed by atoms with Crippen molar-refractivity contribution in [3.8, 4) is 22.5 Å². The van der Waals surface area contributed by atoms with Crippen LogP contribution in [-0.4, -0.2) is 55.3 Å². The molecule has 5 heterocycles. The maximum absolute atomic E-state index is 12.3. The van der Waals surface area contributed by atoms with E-state index in [4.69, 9.17) is 14.8 Å². The van der Waals surface area contributed by atoms with Crippen molar-refractivity contribution in [2.45, 2.75) is 72.4 Å². The molecule has 1 aromatic carbocycles. The molecule has 0 spiro atoms.